The summed E-state index contributed by atoms with van der Waals surface area (Å²) < 4.78 is 5.69. The fourth-order valence-corrected chi connectivity index (χ4v) is 5.59. The second-order valence-electron chi connectivity index (χ2n) is 9.71. The first kappa shape index (κ1) is 24.4. The lowest BCUT2D eigenvalue weighted by molar-refractivity contribution is -0.0448. The highest BCUT2D eigenvalue weighted by molar-refractivity contribution is 6.05. The Balaban J connectivity index is 1.35. The van der Waals surface area contributed by atoms with Crippen LogP contribution in [-0.2, 0) is 4.74 Å². The van der Waals surface area contributed by atoms with Crippen molar-refractivity contribution in [1.29, 1.82) is 0 Å². The van der Waals surface area contributed by atoms with Crippen LogP contribution in [0.25, 0.3) is 16.5 Å². The van der Waals surface area contributed by atoms with E-state index >= 15 is 0 Å². The smallest absolute Gasteiger partial charge is 0.253 e. The zero-order valence-electron chi connectivity index (χ0n) is 20.7. The maximum atomic E-state index is 13.2. The number of nitrogens with one attached hydrogen (secondary N) is 1. The van der Waals surface area contributed by atoms with E-state index in [1.807, 2.05) is 42.5 Å². The van der Waals surface area contributed by atoms with Gasteiger partial charge in [0.15, 0.2) is 0 Å². The van der Waals surface area contributed by atoms with Crippen LogP contribution in [0, 0.1) is 11.8 Å². The molecule has 2 aromatic carbocycles. The number of ether oxygens (including phenoxy) is 1. The molecule has 1 aliphatic heterocycles. The SMILES string of the molecule is COC1CC(CNC(=O)c2cccc3cccnc23)N(C(O)C2C(c3ccccc3)=CC=CC2C)C1. The highest BCUT2D eigenvalue weighted by Gasteiger charge is 2.41. The summed E-state index contributed by atoms with van der Waals surface area (Å²) in [6.45, 7) is 3.18. The number of hydrogen-bond acceptors (Lipinski definition) is 5. The lowest BCUT2D eigenvalue weighted by atomic mass is 9.78. The number of methoxy groups -OCH3 is 1. The summed E-state index contributed by atoms with van der Waals surface area (Å²) in [5.74, 6) is -0.0827. The summed E-state index contributed by atoms with van der Waals surface area (Å²) in [6.07, 6.45) is 8.06. The molecule has 5 unspecified atom stereocenters. The number of allylic oxidation sites excluding steroid dienone is 3. The molecular formula is C30H33N3O3. The molecule has 1 aliphatic carbocycles. The Morgan fingerprint density at radius 2 is 1.97 bits per heavy atom. The van der Waals surface area contributed by atoms with Gasteiger partial charge in [-0.3, -0.25) is 14.7 Å². The average Bonchev–Trinajstić information content (AvgIpc) is 3.35. The molecule has 2 aliphatic rings. The zero-order chi connectivity index (χ0) is 25.1. The molecule has 0 saturated carbocycles. The third kappa shape index (κ3) is 4.85. The molecule has 1 fully saturated rings. The first-order chi connectivity index (χ1) is 17.6. The van der Waals surface area contributed by atoms with Gasteiger partial charge in [0.05, 0.1) is 17.2 Å². The molecule has 0 bridgehead atoms. The lowest BCUT2D eigenvalue weighted by Crippen LogP contribution is -2.49. The van der Waals surface area contributed by atoms with E-state index in [4.69, 9.17) is 4.74 Å². The number of aliphatic hydroxyl groups is 1. The number of rotatable bonds is 7. The van der Waals surface area contributed by atoms with E-state index in [1.54, 1.807) is 19.4 Å². The van der Waals surface area contributed by atoms with E-state index in [0.29, 0.717) is 24.2 Å². The van der Waals surface area contributed by atoms with Crippen molar-refractivity contribution in [3.63, 3.8) is 0 Å². The lowest BCUT2D eigenvalue weighted by Gasteiger charge is -2.39. The molecule has 0 radical (unpaired) electrons. The Morgan fingerprint density at radius 1 is 1.17 bits per heavy atom. The number of aromatic nitrogens is 1. The van der Waals surface area contributed by atoms with Crippen LogP contribution in [0.1, 0.15) is 29.3 Å². The predicted molar refractivity (Wildman–Crippen MR) is 142 cm³/mol. The van der Waals surface area contributed by atoms with Gasteiger partial charge in [0.1, 0.15) is 6.23 Å². The van der Waals surface area contributed by atoms with Gasteiger partial charge >= 0.3 is 0 Å². The number of pyridine rings is 1. The molecule has 6 heteroatoms. The van der Waals surface area contributed by atoms with Crippen molar-refractivity contribution >= 4 is 22.4 Å². The van der Waals surface area contributed by atoms with Gasteiger partial charge in [-0.15, -0.1) is 0 Å². The summed E-state index contributed by atoms with van der Waals surface area (Å²) in [5, 5.41) is 15.8. The number of carbonyl (C=O) groups is 1. The normalized spacial score (nSPS) is 25.0. The zero-order valence-corrected chi connectivity index (χ0v) is 20.7. The highest BCUT2D eigenvalue weighted by atomic mass is 16.5. The Bertz CT molecular complexity index is 1270. The van der Waals surface area contributed by atoms with E-state index in [9.17, 15) is 9.90 Å². The van der Waals surface area contributed by atoms with Crippen LogP contribution < -0.4 is 5.32 Å². The number of nitrogens with zero attached hydrogens (tertiary/aromatic N) is 2. The molecule has 1 saturated heterocycles. The van der Waals surface area contributed by atoms with Crippen molar-refractivity contribution in [2.24, 2.45) is 11.8 Å². The second-order valence-corrected chi connectivity index (χ2v) is 9.71. The molecule has 36 heavy (non-hydrogen) atoms. The summed E-state index contributed by atoms with van der Waals surface area (Å²) in [5.41, 5.74) is 3.50. The minimum Gasteiger partial charge on any atom is -0.380 e. The maximum absolute atomic E-state index is 13.2. The third-order valence-electron chi connectivity index (χ3n) is 7.51. The van der Waals surface area contributed by atoms with E-state index < -0.39 is 6.23 Å². The van der Waals surface area contributed by atoms with E-state index in [2.05, 4.69) is 52.5 Å². The number of carbonyl (C=O) groups excluding carboxylic acids is 1. The molecule has 6 nitrogen and oxygen atoms in total. The fraction of sp³-hybridized carbons (Fsp3) is 0.333. The van der Waals surface area contributed by atoms with E-state index in [1.165, 1.54) is 0 Å². The van der Waals surface area contributed by atoms with Crippen molar-refractivity contribution in [2.75, 3.05) is 20.2 Å². The number of amides is 1. The molecule has 5 atom stereocenters. The quantitative estimate of drug-likeness (QED) is 0.525. The van der Waals surface area contributed by atoms with Crippen molar-refractivity contribution in [2.45, 2.75) is 31.7 Å². The first-order valence-corrected chi connectivity index (χ1v) is 12.6. The number of aliphatic hydroxyl groups excluding tert-OH is 1. The maximum Gasteiger partial charge on any atom is 0.253 e. The van der Waals surface area contributed by atoms with Crippen LogP contribution in [0.4, 0.5) is 0 Å². The molecular weight excluding hydrogens is 450 g/mol. The highest BCUT2D eigenvalue weighted by Crippen LogP contribution is 2.38. The van der Waals surface area contributed by atoms with Crippen molar-refractivity contribution < 1.29 is 14.6 Å². The van der Waals surface area contributed by atoms with Crippen LogP contribution in [0.2, 0.25) is 0 Å². The van der Waals surface area contributed by atoms with Gasteiger partial charge < -0.3 is 15.2 Å². The van der Waals surface area contributed by atoms with Gasteiger partial charge in [-0.05, 0) is 35.6 Å². The molecule has 3 aromatic rings. The van der Waals surface area contributed by atoms with Crippen molar-refractivity contribution in [3.05, 3.63) is 96.2 Å². The molecule has 2 N–H and O–H groups in total. The van der Waals surface area contributed by atoms with Crippen LogP contribution in [0.5, 0.6) is 0 Å². The van der Waals surface area contributed by atoms with Crippen LogP contribution in [0.15, 0.2) is 85.1 Å². The van der Waals surface area contributed by atoms with E-state index in [0.717, 1.165) is 22.9 Å². The standard InChI is InChI=1S/C30H33N3O3/c1-20-9-6-14-25(21-10-4-3-5-11-21)27(20)30(35)33-19-24(36-2)17-23(33)18-32-29(34)26-15-7-12-22-13-8-16-31-28(22)26/h3-16,20,23-24,27,30,35H,17-19H2,1-2H3,(H,32,34). The van der Waals surface area contributed by atoms with Crippen molar-refractivity contribution in [1.82, 2.24) is 15.2 Å². The minimum atomic E-state index is -0.710. The van der Waals surface area contributed by atoms with Gasteiger partial charge in [0, 0.05) is 43.7 Å². The monoisotopic (exact) mass is 483 g/mol. The number of fused-ring (bicyclic) bond motifs is 1. The molecule has 0 spiro atoms. The number of benzene rings is 2. The summed E-state index contributed by atoms with van der Waals surface area (Å²) in [7, 11) is 1.71. The number of likely N-dealkylation sites (tertiary alicyclic amines) is 1. The van der Waals surface area contributed by atoms with Crippen LogP contribution in [0.3, 0.4) is 0 Å². The van der Waals surface area contributed by atoms with E-state index in [-0.39, 0.29) is 29.9 Å². The molecule has 1 amide bonds. The van der Waals surface area contributed by atoms with Crippen LogP contribution in [-0.4, -0.2) is 59.5 Å². The topological polar surface area (TPSA) is 74.7 Å². The Labute approximate surface area is 212 Å². The van der Waals surface area contributed by atoms with Gasteiger partial charge in [-0.25, -0.2) is 0 Å². The molecule has 5 rings (SSSR count). The number of para-hydroxylation sites is 1. The Hall–Kier alpha value is -3.32. The summed E-state index contributed by atoms with van der Waals surface area (Å²) >= 11 is 0. The molecule has 186 valence electrons. The van der Waals surface area contributed by atoms with Crippen molar-refractivity contribution in [3.8, 4) is 0 Å². The van der Waals surface area contributed by atoms with Gasteiger partial charge in [-0.2, -0.15) is 0 Å². The fourth-order valence-electron chi connectivity index (χ4n) is 5.59. The van der Waals surface area contributed by atoms with Crippen LogP contribution >= 0.6 is 0 Å². The predicted octanol–water partition coefficient (Wildman–Crippen LogP) is 4.28. The molecule has 2 heterocycles. The van der Waals surface area contributed by atoms with Gasteiger partial charge in [0.25, 0.3) is 5.91 Å². The third-order valence-corrected chi connectivity index (χ3v) is 7.51. The Kier molecular flexibility index (Phi) is 7.28. The Morgan fingerprint density at radius 3 is 2.78 bits per heavy atom. The molecule has 1 aromatic heterocycles. The minimum absolute atomic E-state index is 0.000585. The second kappa shape index (κ2) is 10.7. The largest absolute Gasteiger partial charge is 0.380 e. The summed E-state index contributed by atoms with van der Waals surface area (Å²) in [4.78, 5) is 19.7. The summed E-state index contributed by atoms with van der Waals surface area (Å²) in [6, 6.07) is 19.6. The van der Waals surface area contributed by atoms with Gasteiger partial charge in [0.2, 0.25) is 0 Å². The first-order valence-electron chi connectivity index (χ1n) is 12.6. The average molecular weight is 484 g/mol. The number of hydrogen-bond donors (Lipinski definition) is 2. The van der Waals surface area contributed by atoms with Gasteiger partial charge in [-0.1, -0.05) is 73.7 Å².